The Morgan fingerprint density at radius 3 is 2.66 bits per heavy atom. The third-order valence-corrected chi connectivity index (χ3v) is 4.78. The molecule has 0 bridgehead atoms. The molecule has 0 aliphatic heterocycles. The van der Waals surface area contributed by atoms with Gasteiger partial charge in [-0.1, -0.05) is 50.1 Å². The summed E-state index contributed by atoms with van der Waals surface area (Å²) >= 11 is 0. The van der Waals surface area contributed by atoms with E-state index >= 15 is 0 Å². The molecule has 1 heterocycles. The molecular formula is C25H33FN2O. The summed E-state index contributed by atoms with van der Waals surface area (Å²) in [6, 6.07) is 5.27. The molecular weight excluding hydrogens is 363 g/mol. The van der Waals surface area contributed by atoms with Crippen LogP contribution in [0, 0.1) is 5.82 Å². The van der Waals surface area contributed by atoms with E-state index in [0.29, 0.717) is 29.5 Å². The second-order valence-electron chi connectivity index (χ2n) is 7.34. The smallest absolute Gasteiger partial charge is 0.131 e. The van der Waals surface area contributed by atoms with E-state index in [-0.39, 0.29) is 5.82 Å². The van der Waals surface area contributed by atoms with Crippen LogP contribution in [0.4, 0.5) is 4.39 Å². The minimum Gasteiger partial charge on any atom is -0.379 e. The third kappa shape index (κ3) is 8.28. The van der Waals surface area contributed by atoms with Crippen LogP contribution in [0.1, 0.15) is 63.8 Å². The van der Waals surface area contributed by atoms with Crippen molar-refractivity contribution in [1.29, 1.82) is 0 Å². The van der Waals surface area contributed by atoms with Gasteiger partial charge < -0.3 is 4.74 Å². The first-order chi connectivity index (χ1) is 14.1. The molecule has 0 spiro atoms. The van der Waals surface area contributed by atoms with E-state index in [9.17, 15) is 4.39 Å². The van der Waals surface area contributed by atoms with Gasteiger partial charge in [-0.2, -0.15) is 0 Å². The normalized spacial score (nSPS) is 12.4. The van der Waals surface area contributed by atoms with Crippen LogP contribution in [-0.2, 0) is 11.2 Å². The van der Waals surface area contributed by atoms with Gasteiger partial charge in [-0.3, -0.25) is 0 Å². The molecule has 2 aromatic rings. The topological polar surface area (TPSA) is 35.0 Å². The molecule has 1 atom stereocenters. The van der Waals surface area contributed by atoms with Crippen molar-refractivity contribution in [3.8, 4) is 11.1 Å². The number of rotatable bonds is 13. The fourth-order valence-corrected chi connectivity index (χ4v) is 3.06. The first kappa shape index (κ1) is 23.0. The van der Waals surface area contributed by atoms with Gasteiger partial charge in [0.1, 0.15) is 11.6 Å². The van der Waals surface area contributed by atoms with Crippen LogP contribution < -0.4 is 0 Å². The summed E-state index contributed by atoms with van der Waals surface area (Å²) in [4.78, 5) is 8.49. The fraction of sp³-hybridized carbons (Fsp3) is 0.440. The molecule has 0 saturated heterocycles. The molecule has 1 aromatic heterocycles. The zero-order chi connectivity index (χ0) is 20.9. The minimum atomic E-state index is -0.263. The average molecular weight is 397 g/mol. The molecule has 1 unspecified atom stereocenters. The number of allylic oxidation sites excluding steroid dienone is 2. The molecule has 29 heavy (non-hydrogen) atoms. The monoisotopic (exact) mass is 396 g/mol. The van der Waals surface area contributed by atoms with Crippen molar-refractivity contribution in [3.05, 3.63) is 66.5 Å². The van der Waals surface area contributed by atoms with Gasteiger partial charge in [0, 0.05) is 36.5 Å². The van der Waals surface area contributed by atoms with Gasteiger partial charge in [-0.15, -0.1) is 6.58 Å². The second-order valence-corrected chi connectivity index (χ2v) is 7.34. The van der Waals surface area contributed by atoms with Gasteiger partial charge in [0.05, 0.1) is 6.10 Å². The highest BCUT2D eigenvalue weighted by atomic mass is 19.1. The maximum atomic E-state index is 14.5. The molecule has 0 aliphatic rings. The lowest BCUT2D eigenvalue weighted by Gasteiger charge is -2.12. The average Bonchev–Trinajstić information content (AvgIpc) is 2.72. The van der Waals surface area contributed by atoms with Gasteiger partial charge >= 0.3 is 0 Å². The summed E-state index contributed by atoms with van der Waals surface area (Å²) in [5.41, 5.74) is 2.06. The van der Waals surface area contributed by atoms with Crippen LogP contribution in [0.3, 0.4) is 0 Å². The molecule has 4 heteroatoms. The Bertz CT molecular complexity index is 771. The summed E-state index contributed by atoms with van der Waals surface area (Å²) in [7, 11) is 0. The molecule has 156 valence electrons. The Morgan fingerprint density at radius 1 is 1.17 bits per heavy atom. The van der Waals surface area contributed by atoms with Crippen molar-refractivity contribution in [3.63, 3.8) is 0 Å². The van der Waals surface area contributed by atoms with Crippen LogP contribution in [0.2, 0.25) is 0 Å². The van der Waals surface area contributed by atoms with Crippen molar-refractivity contribution < 1.29 is 9.13 Å². The molecule has 0 radical (unpaired) electrons. The summed E-state index contributed by atoms with van der Waals surface area (Å²) in [6.45, 7) is 8.87. The van der Waals surface area contributed by atoms with E-state index in [4.69, 9.17) is 4.74 Å². The Hall–Kier alpha value is -2.33. The van der Waals surface area contributed by atoms with Crippen molar-refractivity contribution in [1.82, 2.24) is 9.97 Å². The fourth-order valence-electron chi connectivity index (χ4n) is 3.06. The molecule has 0 N–H and O–H groups in total. The van der Waals surface area contributed by atoms with Crippen molar-refractivity contribution >= 4 is 6.08 Å². The lowest BCUT2D eigenvalue weighted by atomic mass is 10.0. The lowest BCUT2D eigenvalue weighted by molar-refractivity contribution is 0.0566. The summed E-state index contributed by atoms with van der Waals surface area (Å²) < 4.78 is 20.3. The maximum absolute atomic E-state index is 14.5. The molecule has 0 saturated carbocycles. The zero-order valence-electron chi connectivity index (χ0n) is 17.7. The second kappa shape index (κ2) is 13.0. The predicted octanol–water partition coefficient (Wildman–Crippen LogP) is 6.79. The Balaban J connectivity index is 1.80. The molecule has 1 aromatic carbocycles. The van der Waals surface area contributed by atoms with E-state index in [2.05, 4.69) is 36.5 Å². The Kier molecular flexibility index (Phi) is 10.3. The lowest BCUT2D eigenvalue weighted by Crippen LogP contribution is -2.08. The summed E-state index contributed by atoms with van der Waals surface area (Å²) in [5.74, 6) is 0.422. The van der Waals surface area contributed by atoms with Crippen molar-refractivity contribution in [2.75, 3.05) is 6.61 Å². The first-order valence-corrected chi connectivity index (χ1v) is 10.6. The highest BCUT2D eigenvalue weighted by Crippen LogP contribution is 2.23. The van der Waals surface area contributed by atoms with Gasteiger partial charge in [-0.05, 0) is 44.2 Å². The number of ether oxygens (including phenoxy) is 1. The number of aromatic nitrogens is 2. The highest BCUT2D eigenvalue weighted by molar-refractivity contribution is 5.65. The Morgan fingerprint density at radius 2 is 1.97 bits per heavy atom. The van der Waals surface area contributed by atoms with Crippen LogP contribution in [0.25, 0.3) is 17.2 Å². The first-order valence-electron chi connectivity index (χ1n) is 10.6. The van der Waals surface area contributed by atoms with E-state index in [0.717, 1.165) is 37.9 Å². The quantitative estimate of drug-likeness (QED) is 0.276. The standard InChI is InChI=1S/C25H33FN2O/c1-4-6-10-16-29-20(3)12-8-7-9-13-21-14-15-23(24(26)17-21)22-18-27-25(11-5-2)28-19-22/h5,9,13-15,17-20H,2,4,6-8,10-12,16H2,1,3H3/b13-9+. The number of unbranched alkanes of at least 4 members (excludes halogenated alkanes) is 3. The molecule has 0 aliphatic carbocycles. The predicted molar refractivity (Wildman–Crippen MR) is 119 cm³/mol. The van der Waals surface area contributed by atoms with E-state index in [1.165, 1.54) is 12.8 Å². The van der Waals surface area contributed by atoms with Crippen molar-refractivity contribution in [2.24, 2.45) is 0 Å². The van der Waals surface area contributed by atoms with E-state index < -0.39 is 0 Å². The summed E-state index contributed by atoms with van der Waals surface area (Å²) in [5, 5.41) is 0. The molecule has 2 rings (SSSR count). The van der Waals surface area contributed by atoms with Crippen LogP contribution in [-0.4, -0.2) is 22.7 Å². The van der Waals surface area contributed by atoms with Crippen LogP contribution >= 0.6 is 0 Å². The zero-order valence-corrected chi connectivity index (χ0v) is 17.7. The molecule has 3 nitrogen and oxygen atoms in total. The number of hydrogen-bond acceptors (Lipinski definition) is 3. The van der Waals surface area contributed by atoms with Gasteiger partial charge in [0.25, 0.3) is 0 Å². The summed E-state index contributed by atoms with van der Waals surface area (Å²) in [6.07, 6.45) is 16.7. The number of hydrogen-bond donors (Lipinski definition) is 0. The number of halogens is 1. The largest absolute Gasteiger partial charge is 0.379 e. The SMILES string of the molecule is C=CCc1ncc(-c2ccc(/C=C/CCCC(C)OCCCCC)cc2F)cn1. The number of nitrogens with zero attached hydrogens (tertiary/aromatic N) is 2. The molecule has 0 amide bonds. The minimum absolute atomic E-state index is 0.263. The van der Waals surface area contributed by atoms with Crippen LogP contribution in [0.5, 0.6) is 0 Å². The Labute approximate surface area is 174 Å². The van der Waals surface area contributed by atoms with Crippen molar-refractivity contribution in [2.45, 2.75) is 64.9 Å². The maximum Gasteiger partial charge on any atom is 0.131 e. The van der Waals surface area contributed by atoms with Gasteiger partial charge in [0.2, 0.25) is 0 Å². The molecule has 0 fully saturated rings. The van der Waals surface area contributed by atoms with Crippen LogP contribution in [0.15, 0.2) is 49.3 Å². The van der Waals surface area contributed by atoms with E-state index in [1.807, 2.05) is 12.1 Å². The van der Waals surface area contributed by atoms with E-state index in [1.54, 1.807) is 30.6 Å². The van der Waals surface area contributed by atoms with Gasteiger partial charge in [-0.25, -0.2) is 14.4 Å². The third-order valence-electron chi connectivity index (χ3n) is 4.78. The number of benzene rings is 1. The highest BCUT2D eigenvalue weighted by Gasteiger charge is 2.07. The van der Waals surface area contributed by atoms with Gasteiger partial charge in [0.15, 0.2) is 0 Å².